The Morgan fingerprint density at radius 2 is 1.82 bits per heavy atom. The van der Waals surface area contributed by atoms with Gasteiger partial charge in [0.15, 0.2) is 15.6 Å². The molecule has 1 heterocycles. The van der Waals surface area contributed by atoms with Crippen LogP contribution < -0.4 is 9.47 Å². The molecule has 1 aromatic heterocycles. The van der Waals surface area contributed by atoms with Gasteiger partial charge in [-0.15, -0.1) is 0 Å². The molecule has 8 nitrogen and oxygen atoms in total. The molecule has 0 radical (unpaired) electrons. The number of benzene rings is 2. The summed E-state index contributed by atoms with van der Waals surface area (Å²) in [4.78, 5) is 25.4. The Morgan fingerprint density at radius 3 is 2.39 bits per heavy atom. The molecule has 0 amide bonds. The highest BCUT2D eigenvalue weighted by Crippen LogP contribution is 2.43. The Balaban J connectivity index is 2.34. The smallest absolute Gasteiger partial charge is 0.374 e. The number of carbonyl (C=O) groups excluding carboxylic acids is 2. The van der Waals surface area contributed by atoms with E-state index in [0.29, 0.717) is 16.9 Å². The van der Waals surface area contributed by atoms with Crippen LogP contribution in [0.25, 0.3) is 11.1 Å². The molecule has 174 valence electrons. The largest absolute Gasteiger partial charge is 0.495 e. The number of ether oxygens (including phenoxy) is 2. The summed E-state index contributed by atoms with van der Waals surface area (Å²) in [5, 5.41) is 3.60. The third-order valence-electron chi connectivity index (χ3n) is 4.96. The molecule has 0 N–H and O–H groups in total. The molecule has 0 aliphatic heterocycles. The minimum absolute atomic E-state index is 0.0540. The van der Waals surface area contributed by atoms with Gasteiger partial charge >= 0.3 is 5.30 Å². The van der Waals surface area contributed by atoms with E-state index in [9.17, 15) is 18.0 Å². The molecular formula is C23H24N2O6S2. The molecule has 0 saturated carbocycles. The van der Waals surface area contributed by atoms with Crippen molar-refractivity contribution in [2.24, 2.45) is 7.05 Å². The van der Waals surface area contributed by atoms with E-state index < -0.39 is 15.1 Å². The van der Waals surface area contributed by atoms with Crippen molar-refractivity contribution in [1.29, 1.82) is 0 Å². The molecule has 10 heteroatoms. The van der Waals surface area contributed by atoms with E-state index in [1.54, 1.807) is 44.3 Å². The summed E-state index contributed by atoms with van der Waals surface area (Å²) in [6.07, 6.45) is 2.45. The van der Waals surface area contributed by atoms with Gasteiger partial charge < -0.3 is 9.47 Å². The van der Waals surface area contributed by atoms with E-state index >= 15 is 0 Å². The number of sulfone groups is 1. The Morgan fingerprint density at radius 1 is 1.15 bits per heavy atom. The minimum atomic E-state index is -3.82. The van der Waals surface area contributed by atoms with Crippen LogP contribution in [0.4, 0.5) is 4.79 Å². The maximum Gasteiger partial charge on any atom is 0.374 e. The van der Waals surface area contributed by atoms with Gasteiger partial charge in [0.05, 0.1) is 18.9 Å². The van der Waals surface area contributed by atoms with Crippen molar-refractivity contribution < 1.29 is 27.5 Å². The lowest BCUT2D eigenvalue weighted by atomic mass is 9.94. The second-order valence-electron chi connectivity index (χ2n) is 7.20. The molecule has 0 aliphatic carbocycles. The predicted octanol–water partition coefficient (Wildman–Crippen LogP) is 4.29. The van der Waals surface area contributed by atoms with E-state index in [2.05, 4.69) is 5.10 Å². The lowest BCUT2D eigenvalue weighted by Crippen LogP contribution is -2.11. The Kier molecular flexibility index (Phi) is 7.28. The van der Waals surface area contributed by atoms with Crippen molar-refractivity contribution >= 4 is 32.7 Å². The zero-order valence-corrected chi connectivity index (χ0v) is 20.5. The van der Waals surface area contributed by atoms with Crippen LogP contribution in [0, 0.1) is 6.92 Å². The fourth-order valence-electron chi connectivity index (χ4n) is 3.49. The third kappa shape index (κ3) is 4.96. The number of hydrogen-bond donors (Lipinski definition) is 0. The van der Waals surface area contributed by atoms with E-state index in [1.165, 1.54) is 24.1 Å². The minimum Gasteiger partial charge on any atom is -0.495 e. The Bertz CT molecular complexity index is 1310. The van der Waals surface area contributed by atoms with Crippen molar-refractivity contribution in [1.82, 2.24) is 9.78 Å². The Hall–Kier alpha value is -3.11. The molecule has 2 aromatic carbocycles. The topological polar surface area (TPSA) is 105 Å². The summed E-state index contributed by atoms with van der Waals surface area (Å²) in [5.74, 6) is 0.333. The molecule has 0 bridgehead atoms. The molecule has 3 aromatic rings. The van der Waals surface area contributed by atoms with Crippen LogP contribution in [-0.4, -0.2) is 48.4 Å². The Labute approximate surface area is 196 Å². The maximum atomic E-state index is 13.3. The SMILES string of the molecule is CCSC(=O)Oc1c(-c2cc(C(=O)c3ccccc3)c(C)c(OC)c2S(C)(=O)=O)cnn1C. The van der Waals surface area contributed by atoms with Crippen LogP contribution >= 0.6 is 11.8 Å². The average Bonchev–Trinajstić information content (AvgIpc) is 3.13. The summed E-state index contributed by atoms with van der Waals surface area (Å²) in [5.41, 5.74) is 1.52. The van der Waals surface area contributed by atoms with Gasteiger partial charge in [0.25, 0.3) is 0 Å². The van der Waals surface area contributed by atoms with Gasteiger partial charge in [0, 0.05) is 41.3 Å². The molecule has 0 fully saturated rings. The maximum absolute atomic E-state index is 13.3. The molecule has 0 saturated heterocycles. The lowest BCUT2D eigenvalue weighted by molar-refractivity contribution is 0.103. The second-order valence-corrected chi connectivity index (χ2v) is 10.4. The molecule has 0 spiro atoms. The number of thioether (sulfide) groups is 1. The van der Waals surface area contributed by atoms with Gasteiger partial charge in [-0.2, -0.15) is 5.10 Å². The lowest BCUT2D eigenvalue weighted by Gasteiger charge is -2.18. The first-order valence-corrected chi connectivity index (χ1v) is 12.9. The number of carbonyl (C=O) groups is 2. The van der Waals surface area contributed by atoms with Crippen molar-refractivity contribution in [3.63, 3.8) is 0 Å². The van der Waals surface area contributed by atoms with Gasteiger partial charge in [-0.3, -0.25) is 4.79 Å². The van der Waals surface area contributed by atoms with E-state index in [0.717, 1.165) is 18.0 Å². The van der Waals surface area contributed by atoms with Crippen molar-refractivity contribution in [2.75, 3.05) is 19.1 Å². The predicted molar refractivity (Wildman–Crippen MR) is 127 cm³/mol. The fourth-order valence-corrected chi connectivity index (χ4v) is 5.00. The third-order valence-corrected chi connectivity index (χ3v) is 6.71. The van der Waals surface area contributed by atoms with Gasteiger partial charge in [-0.05, 0) is 24.8 Å². The number of rotatable bonds is 7. The molecule has 0 aliphatic rings. The molecule has 3 rings (SSSR count). The summed E-state index contributed by atoms with van der Waals surface area (Å²) in [6, 6.07) is 10.1. The summed E-state index contributed by atoms with van der Waals surface area (Å²) >= 11 is 0.968. The number of hydrogen-bond acceptors (Lipinski definition) is 8. The zero-order chi connectivity index (χ0) is 24.3. The van der Waals surface area contributed by atoms with Crippen LogP contribution in [0.2, 0.25) is 0 Å². The summed E-state index contributed by atoms with van der Waals surface area (Å²) in [6.45, 7) is 3.44. The molecular weight excluding hydrogens is 464 g/mol. The highest BCUT2D eigenvalue weighted by atomic mass is 32.2. The highest BCUT2D eigenvalue weighted by molar-refractivity contribution is 8.13. The van der Waals surface area contributed by atoms with E-state index in [4.69, 9.17) is 9.47 Å². The van der Waals surface area contributed by atoms with Crippen LogP contribution in [-0.2, 0) is 16.9 Å². The highest BCUT2D eigenvalue weighted by Gasteiger charge is 2.30. The molecule has 33 heavy (non-hydrogen) atoms. The average molecular weight is 489 g/mol. The molecule has 0 unspecified atom stereocenters. The number of methoxy groups -OCH3 is 1. The summed E-state index contributed by atoms with van der Waals surface area (Å²) in [7, 11) is -0.899. The zero-order valence-electron chi connectivity index (χ0n) is 18.9. The number of ketones is 1. The summed E-state index contributed by atoms with van der Waals surface area (Å²) < 4.78 is 38.0. The standard InChI is InChI=1S/C23H24N2O6S2/c1-6-32-23(27)31-22-18(13-24-25(22)3)17-12-16(19(26)15-10-8-7-9-11-15)14(2)20(30-4)21(17)33(5,28)29/h7-13H,6H2,1-5H3. The number of aromatic nitrogens is 2. The second kappa shape index (κ2) is 9.80. The van der Waals surface area contributed by atoms with Gasteiger partial charge in [0.2, 0.25) is 5.88 Å². The first kappa shape index (κ1) is 24.5. The van der Waals surface area contributed by atoms with E-state index in [-0.39, 0.29) is 39.0 Å². The quantitative estimate of drug-likeness (QED) is 0.358. The van der Waals surface area contributed by atoms with Crippen LogP contribution in [0.1, 0.15) is 28.4 Å². The van der Waals surface area contributed by atoms with Gasteiger partial charge in [-0.1, -0.05) is 37.3 Å². The fraction of sp³-hybridized carbons (Fsp3) is 0.261. The van der Waals surface area contributed by atoms with Crippen LogP contribution in [0.15, 0.2) is 47.5 Å². The van der Waals surface area contributed by atoms with Gasteiger partial charge in [-0.25, -0.2) is 17.9 Å². The first-order valence-electron chi connectivity index (χ1n) is 9.98. The molecule has 0 atom stereocenters. The van der Waals surface area contributed by atoms with Crippen molar-refractivity contribution in [3.05, 3.63) is 59.3 Å². The number of aryl methyl sites for hydroxylation is 1. The van der Waals surface area contributed by atoms with E-state index in [1.807, 2.05) is 6.92 Å². The van der Waals surface area contributed by atoms with Crippen LogP contribution in [0.5, 0.6) is 11.6 Å². The normalized spacial score (nSPS) is 11.3. The number of nitrogens with zero attached hydrogens (tertiary/aromatic N) is 2. The van der Waals surface area contributed by atoms with Gasteiger partial charge in [0.1, 0.15) is 10.6 Å². The first-order chi connectivity index (χ1) is 15.6. The van der Waals surface area contributed by atoms with Crippen molar-refractivity contribution in [3.8, 4) is 22.8 Å². The van der Waals surface area contributed by atoms with Crippen molar-refractivity contribution in [2.45, 2.75) is 18.7 Å². The van der Waals surface area contributed by atoms with Crippen LogP contribution in [0.3, 0.4) is 0 Å². The monoisotopic (exact) mass is 488 g/mol.